The lowest BCUT2D eigenvalue weighted by Gasteiger charge is -2.44. The lowest BCUT2D eigenvalue weighted by Crippen LogP contribution is -2.50. The standard InChI is InChI=1S/C23H27ClN2O5/c1-23(2)7-6-18-15-11-21(31-9-5-8-29-3)17(24)10-14(15)19-12-20(27)16(22(28)30-4)13-25(19)26(18)23/h10-13,18H,5-9H2,1-4H3/t18-/m1/s1. The van der Waals surface area contributed by atoms with Crippen LogP contribution in [-0.4, -0.2) is 43.6 Å². The highest BCUT2D eigenvalue weighted by atomic mass is 35.5. The van der Waals surface area contributed by atoms with Gasteiger partial charge in [-0.15, -0.1) is 0 Å². The lowest BCUT2D eigenvalue weighted by molar-refractivity contribution is 0.0598. The van der Waals surface area contributed by atoms with Gasteiger partial charge in [0.1, 0.15) is 11.3 Å². The molecule has 8 heteroatoms. The number of carbonyl (C=O) groups excluding carboxylic acids is 1. The summed E-state index contributed by atoms with van der Waals surface area (Å²) in [6, 6.07) is 5.41. The first-order chi connectivity index (χ1) is 14.8. The quantitative estimate of drug-likeness (QED) is 0.494. The summed E-state index contributed by atoms with van der Waals surface area (Å²) in [5.41, 5.74) is 2.12. The summed E-state index contributed by atoms with van der Waals surface area (Å²) in [5, 5.41) is 2.72. The highest BCUT2D eigenvalue weighted by Crippen LogP contribution is 2.49. The van der Waals surface area contributed by atoms with Gasteiger partial charge in [-0.2, -0.15) is 0 Å². The topological polar surface area (TPSA) is 70.0 Å². The molecule has 31 heavy (non-hydrogen) atoms. The Morgan fingerprint density at radius 1 is 1.23 bits per heavy atom. The van der Waals surface area contributed by atoms with Crippen LogP contribution in [0.5, 0.6) is 5.75 Å². The average molecular weight is 447 g/mol. The molecule has 1 aromatic heterocycles. The number of pyridine rings is 1. The number of halogens is 1. The van der Waals surface area contributed by atoms with E-state index in [1.54, 1.807) is 13.3 Å². The summed E-state index contributed by atoms with van der Waals surface area (Å²) < 4.78 is 17.7. The predicted octanol–water partition coefficient (Wildman–Crippen LogP) is 3.94. The third-order valence-corrected chi connectivity index (χ3v) is 6.40. The van der Waals surface area contributed by atoms with Gasteiger partial charge < -0.3 is 14.2 Å². The Bertz CT molecular complexity index is 1080. The maximum Gasteiger partial charge on any atom is 0.343 e. The van der Waals surface area contributed by atoms with Gasteiger partial charge in [-0.25, -0.2) is 4.79 Å². The number of nitrogens with zero attached hydrogens (tertiary/aromatic N) is 2. The van der Waals surface area contributed by atoms with Crippen molar-refractivity contribution in [1.29, 1.82) is 0 Å². The smallest absolute Gasteiger partial charge is 0.343 e. The van der Waals surface area contributed by atoms with E-state index in [1.807, 2.05) is 16.8 Å². The van der Waals surface area contributed by atoms with Crippen molar-refractivity contribution in [2.75, 3.05) is 32.4 Å². The number of benzene rings is 1. The van der Waals surface area contributed by atoms with E-state index in [0.29, 0.717) is 29.7 Å². The van der Waals surface area contributed by atoms with Crippen molar-refractivity contribution in [3.8, 4) is 17.0 Å². The molecule has 0 radical (unpaired) electrons. The summed E-state index contributed by atoms with van der Waals surface area (Å²) in [4.78, 5) is 24.9. The van der Waals surface area contributed by atoms with Crippen LogP contribution in [0.3, 0.4) is 0 Å². The molecule has 166 valence electrons. The number of aromatic nitrogens is 1. The molecule has 1 saturated heterocycles. The van der Waals surface area contributed by atoms with Crippen LogP contribution in [0, 0.1) is 0 Å². The van der Waals surface area contributed by atoms with Gasteiger partial charge in [0, 0.05) is 38.0 Å². The number of fused-ring (bicyclic) bond motifs is 6. The molecule has 0 N–H and O–H groups in total. The van der Waals surface area contributed by atoms with Gasteiger partial charge in [0.05, 0.1) is 36.0 Å². The normalized spacial score (nSPS) is 18.2. The Morgan fingerprint density at radius 2 is 2.00 bits per heavy atom. The molecule has 2 aromatic rings. The number of methoxy groups -OCH3 is 2. The van der Waals surface area contributed by atoms with E-state index in [4.69, 9.17) is 25.8 Å². The molecule has 0 unspecified atom stereocenters. The number of hydrogen-bond donors (Lipinski definition) is 0. The molecule has 0 aliphatic carbocycles. The molecular formula is C23H27ClN2O5. The SMILES string of the molecule is COCCCOc1cc2c(cc1Cl)-c1cc(=O)c(C(=O)OC)cn1N1[C@@H]2CCC1(C)C. The number of hydrogen-bond acceptors (Lipinski definition) is 6. The molecular weight excluding hydrogens is 420 g/mol. The van der Waals surface area contributed by atoms with Gasteiger partial charge in [-0.05, 0) is 44.4 Å². The Kier molecular flexibility index (Phi) is 5.75. The number of esters is 1. The molecule has 2 aliphatic heterocycles. The van der Waals surface area contributed by atoms with Gasteiger partial charge >= 0.3 is 5.97 Å². The second-order valence-electron chi connectivity index (χ2n) is 8.55. The van der Waals surface area contributed by atoms with Gasteiger partial charge in [0.25, 0.3) is 0 Å². The summed E-state index contributed by atoms with van der Waals surface area (Å²) in [7, 11) is 2.94. The van der Waals surface area contributed by atoms with E-state index < -0.39 is 5.97 Å². The van der Waals surface area contributed by atoms with E-state index >= 15 is 0 Å². The van der Waals surface area contributed by atoms with Crippen molar-refractivity contribution in [2.45, 2.75) is 44.7 Å². The van der Waals surface area contributed by atoms with Gasteiger partial charge in [0.2, 0.25) is 0 Å². The van der Waals surface area contributed by atoms with E-state index in [0.717, 1.165) is 30.4 Å². The molecule has 2 aliphatic rings. The van der Waals surface area contributed by atoms with Crippen LogP contribution in [-0.2, 0) is 9.47 Å². The first kappa shape index (κ1) is 21.7. The van der Waals surface area contributed by atoms with Crippen LogP contribution in [0.1, 0.15) is 55.1 Å². The van der Waals surface area contributed by atoms with Gasteiger partial charge in [0.15, 0.2) is 5.43 Å². The summed E-state index contributed by atoms with van der Waals surface area (Å²) in [5.74, 6) is -0.0133. The summed E-state index contributed by atoms with van der Waals surface area (Å²) >= 11 is 6.55. The van der Waals surface area contributed by atoms with Gasteiger partial charge in [-0.3, -0.25) is 14.5 Å². The Morgan fingerprint density at radius 3 is 2.71 bits per heavy atom. The van der Waals surface area contributed by atoms with Crippen molar-refractivity contribution in [3.05, 3.63) is 50.8 Å². The van der Waals surface area contributed by atoms with Crippen molar-refractivity contribution >= 4 is 17.6 Å². The second kappa shape index (κ2) is 8.20. The van der Waals surface area contributed by atoms with Crippen molar-refractivity contribution in [3.63, 3.8) is 0 Å². The third-order valence-electron chi connectivity index (χ3n) is 6.10. The fourth-order valence-corrected chi connectivity index (χ4v) is 4.82. The van der Waals surface area contributed by atoms with Crippen LogP contribution in [0.2, 0.25) is 5.02 Å². The monoisotopic (exact) mass is 446 g/mol. The predicted molar refractivity (Wildman–Crippen MR) is 119 cm³/mol. The molecule has 0 spiro atoms. The molecule has 4 rings (SSSR count). The Labute approximate surface area is 186 Å². The molecule has 7 nitrogen and oxygen atoms in total. The lowest BCUT2D eigenvalue weighted by atomic mass is 9.94. The van der Waals surface area contributed by atoms with Crippen molar-refractivity contribution in [1.82, 2.24) is 4.68 Å². The minimum atomic E-state index is -0.641. The highest BCUT2D eigenvalue weighted by Gasteiger charge is 2.45. The summed E-state index contributed by atoms with van der Waals surface area (Å²) in [6.07, 6.45) is 4.25. The average Bonchev–Trinajstić information content (AvgIpc) is 3.06. The first-order valence-electron chi connectivity index (χ1n) is 10.4. The van der Waals surface area contributed by atoms with Crippen LogP contribution in [0.4, 0.5) is 0 Å². The molecule has 1 aromatic carbocycles. The van der Waals surface area contributed by atoms with Crippen LogP contribution < -0.4 is 15.2 Å². The van der Waals surface area contributed by atoms with Crippen molar-refractivity contribution in [2.24, 2.45) is 0 Å². The van der Waals surface area contributed by atoms with E-state index in [2.05, 4.69) is 18.9 Å². The molecule has 0 saturated carbocycles. The minimum absolute atomic E-state index is 0.0142. The summed E-state index contributed by atoms with van der Waals surface area (Å²) in [6.45, 7) is 5.45. The van der Waals surface area contributed by atoms with Crippen LogP contribution in [0.15, 0.2) is 29.2 Å². The maximum atomic E-state index is 12.7. The number of ether oxygens (including phenoxy) is 3. The van der Waals surface area contributed by atoms with E-state index in [-0.39, 0.29) is 22.6 Å². The van der Waals surface area contributed by atoms with E-state index in [9.17, 15) is 9.59 Å². The highest BCUT2D eigenvalue weighted by molar-refractivity contribution is 6.32. The third kappa shape index (κ3) is 3.70. The molecule has 0 bridgehead atoms. The number of rotatable bonds is 6. The first-order valence-corrected chi connectivity index (χ1v) is 10.8. The molecule has 0 amide bonds. The van der Waals surface area contributed by atoms with Crippen molar-refractivity contribution < 1.29 is 19.0 Å². The number of carbonyl (C=O) groups is 1. The zero-order chi connectivity index (χ0) is 22.3. The molecule has 1 atom stereocenters. The fourth-order valence-electron chi connectivity index (χ4n) is 4.61. The van der Waals surface area contributed by atoms with Crippen LogP contribution in [0.25, 0.3) is 11.3 Å². The van der Waals surface area contributed by atoms with E-state index in [1.165, 1.54) is 13.2 Å². The zero-order valence-electron chi connectivity index (χ0n) is 18.2. The molecule has 3 heterocycles. The maximum absolute atomic E-state index is 12.7. The second-order valence-corrected chi connectivity index (χ2v) is 8.96. The fraction of sp³-hybridized carbons (Fsp3) is 0.478. The van der Waals surface area contributed by atoms with Gasteiger partial charge in [-0.1, -0.05) is 11.6 Å². The van der Waals surface area contributed by atoms with Crippen LogP contribution >= 0.6 is 11.6 Å². The zero-order valence-corrected chi connectivity index (χ0v) is 19.0. The minimum Gasteiger partial charge on any atom is -0.492 e. The molecule has 1 fully saturated rings. The Hall–Kier alpha value is -2.51. The Balaban J connectivity index is 1.86. The largest absolute Gasteiger partial charge is 0.492 e.